The van der Waals surface area contributed by atoms with Crippen LogP contribution in [0.3, 0.4) is 0 Å². The van der Waals surface area contributed by atoms with Gasteiger partial charge in [0.2, 0.25) is 11.7 Å². The summed E-state index contributed by atoms with van der Waals surface area (Å²) in [7, 11) is 6.61. The van der Waals surface area contributed by atoms with Gasteiger partial charge in [0.05, 0.1) is 27.9 Å². The normalized spacial score (nSPS) is 10.3. The fraction of sp³-hybridized carbons (Fsp3) is 0.381. The zero-order valence-corrected chi connectivity index (χ0v) is 16.9. The molecule has 0 unspecified atom stereocenters. The lowest BCUT2D eigenvalue weighted by atomic mass is 10.1. The average molecular weight is 372 g/mol. The molecular weight excluding hydrogens is 344 g/mol. The second-order valence-corrected chi connectivity index (χ2v) is 6.39. The summed E-state index contributed by atoms with van der Waals surface area (Å²) in [5.74, 6) is 1.60. The topological polar surface area (TPSA) is 60.0 Å². The number of nitrogens with one attached hydrogen (secondary N) is 1. The van der Waals surface area contributed by atoms with Gasteiger partial charge in [0.15, 0.2) is 11.5 Å². The van der Waals surface area contributed by atoms with E-state index in [0.29, 0.717) is 23.8 Å². The molecule has 0 heterocycles. The quantitative estimate of drug-likeness (QED) is 0.772. The van der Waals surface area contributed by atoms with E-state index in [1.165, 1.54) is 11.1 Å². The summed E-state index contributed by atoms with van der Waals surface area (Å²) in [4.78, 5) is 14.3. The summed E-state index contributed by atoms with van der Waals surface area (Å²) in [5, 5.41) is 2.94. The van der Waals surface area contributed by atoms with Crippen LogP contribution in [0.5, 0.6) is 17.2 Å². The van der Waals surface area contributed by atoms with Crippen LogP contribution >= 0.6 is 0 Å². The van der Waals surface area contributed by atoms with Crippen LogP contribution < -0.4 is 24.4 Å². The summed E-state index contributed by atoms with van der Waals surface area (Å²) in [6.45, 7) is 4.77. The lowest BCUT2D eigenvalue weighted by Gasteiger charge is -2.22. The molecular formula is C21H28N2O4. The first-order valence-electron chi connectivity index (χ1n) is 8.74. The van der Waals surface area contributed by atoms with E-state index in [0.717, 1.165) is 11.3 Å². The molecule has 2 aromatic rings. The number of benzene rings is 2. The number of carbonyl (C=O) groups is 1. The number of likely N-dealkylation sites (N-methyl/N-ethyl adjacent to an activating group) is 1. The summed E-state index contributed by atoms with van der Waals surface area (Å²) >= 11 is 0. The highest BCUT2D eigenvalue weighted by molar-refractivity contribution is 5.81. The van der Waals surface area contributed by atoms with Crippen LogP contribution in [-0.2, 0) is 11.3 Å². The number of ether oxygens (including phenoxy) is 3. The second kappa shape index (κ2) is 9.16. The lowest BCUT2D eigenvalue weighted by molar-refractivity contribution is -0.119. The van der Waals surface area contributed by atoms with E-state index in [1.54, 1.807) is 21.3 Å². The Bertz CT molecular complexity index is 780. The molecule has 0 fully saturated rings. The Balaban J connectivity index is 2.04. The Labute approximate surface area is 161 Å². The number of hydrogen-bond acceptors (Lipinski definition) is 5. The van der Waals surface area contributed by atoms with Crippen molar-refractivity contribution in [1.82, 2.24) is 5.32 Å². The average Bonchev–Trinajstić information content (AvgIpc) is 2.67. The molecule has 0 spiro atoms. The maximum Gasteiger partial charge on any atom is 0.239 e. The largest absolute Gasteiger partial charge is 0.493 e. The van der Waals surface area contributed by atoms with Crippen molar-refractivity contribution in [3.8, 4) is 17.2 Å². The fourth-order valence-corrected chi connectivity index (χ4v) is 2.94. The zero-order chi connectivity index (χ0) is 20.0. The molecule has 0 radical (unpaired) electrons. The Morgan fingerprint density at radius 1 is 1.04 bits per heavy atom. The molecule has 146 valence electrons. The summed E-state index contributed by atoms with van der Waals surface area (Å²) < 4.78 is 16.0. The van der Waals surface area contributed by atoms with Gasteiger partial charge in [-0.25, -0.2) is 0 Å². The van der Waals surface area contributed by atoms with Crippen molar-refractivity contribution in [2.24, 2.45) is 0 Å². The number of nitrogens with zero attached hydrogens (tertiary/aromatic N) is 1. The number of hydrogen-bond donors (Lipinski definition) is 1. The standard InChI is InChI=1S/C21H28N2O4/c1-14-8-7-9-17(15(14)2)23(3)13-20(24)22-12-16-10-18(25-4)21(27-6)19(11-16)26-5/h7-11H,12-13H2,1-6H3,(H,22,24). The minimum Gasteiger partial charge on any atom is -0.493 e. The Kier molecular flexibility index (Phi) is 6.93. The highest BCUT2D eigenvalue weighted by atomic mass is 16.5. The molecule has 0 bridgehead atoms. The summed E-state index contributed by atoms with van der Waals surface area (Å²) in [5.41, 5.74) is 4.31. The van der Waals surface area contributed by atoms with Gasteiger partial charge < -0.3 is 24.4 Å². The molecule has 1 N–H and O–H groups in total. The Morgan fingerprint density at radius 2 is 1.67 bits per heavy atom. The van der Waals surface area contributed by atoms with E-state index in [2.05, 4.69) is 25.2 Å². The first kappa shape index (κ1) is 20.4. The van der Waals surface area contributed by atoms with Gasteiger partial charge in [-0.2, -0.15) is 0 Å². The summed E-state index contributed by atoms with van der Waals surface area (Å²) in [6.07, 6.45) is 0. The molecule has 6 heteroatoms. The minimum absolute atomic E-state index is 0.0628. The first-order valence-corrected chi connectivity index (χ1v) is 8.74. The van der Waals surface area contributed by atoms with Gasteiger partial charge in [0.25, 0.3) is 0 Å². The second-order valence-electron chi connectivity index (χ2n) is 6.39. The van der Waals surface area contributed by atoms with Gasteiger partial charge in [-0.1, -0.05) is 12.1 Å². The van der Waals surface area contributed by atoms with Gasteiger partial charge in [-0.05, 0) is 48.7 Å². The maximum atomic E-state index is 12.4. The van der Waals surface area contributed by atoms with Crippen LogP contribution in [0.25, 0.3) is 0 Å². The predicted octanol–water partition coefficient (Wildman–Crippen LogP) is 3.08. The third-order valence-corrected chi connectivity index (χ3v) is 4.58. The van der Waals surface area contributed by atoms with Crippen molar-refractivity contribution in [2.45, 2.75) is 20.4 Å². The van der Waals surface area contributed by atoms with Gasteiger partial charge in [0, 0.05) is 19.3 Å². The third-order valence-electron chi connectivity index (χ3n) is 4.58. The van der Waals surface area contributed by atoms with Crippen LogP contribution in [-0.4, -0.2) is 40.8 Å². The van der Waals surface area contributed by atoms with Gasteiger partial charge in [-0.3, -0.25) is 4.79 Å². The van der Waals surface area contributed by atoms with E-state index in [-0.39, 0.29) is 12.5 Å². The van der Waals surface area contributed by atoms with Gasteiger partial charge >= 0.3 is 0 Å². The van der Waals surface area contributed by atoms with Crippen LogP contribution in [0.15, 0.2) is 30.3 Å². The van der Waals surface area contributed by atoms with E-state index in [4.69, 9.17) is 14.2 Å². The van der Waals surface area contributed by atoms with Crippen molar-refractivity contribution >= 4 is 11.6 Å². The molecule has 27 heavy (non-hydrogen) atoms. The number of rotatable bonds is 8. The molecule has 0 saturated carbocycles. The monoisotopic (exact) mass is 372 g/mol. The molecule has 0 saturated heterocycles. The first-order chi connectivity index (χ1) is 12.9. The van der Waals surface area contributed by atoms with Crippen molar-refractivity contribution in [3.63, 3.8) is 0 Å². The number of aryl methyl sites for hydroxylation is 1. The molecule has 0 aromatic heterocycles. The van der Waals surface area contributed by atoms with Crippen LogP contribution in [0, 0.1) is 13.8 Å². The molecule has 2 rings (SSSR count). The Hall–Kier alpha value is -2.89. The molecule has 6 nitrogen and oxygen atoms in total. The Morgan fingerprint density at radius 3 is 2.22 bits per heavy atom. The SMILES string of the molecule is COc1cc(CNC(=O)CN(C)c2cccc(C)c2C)cc(OC)c1OC. The van der Waals surface area contributed by atoms with Gasteiger partial charge in [0.1, 0.15) is 0 Å². The van der Waals surface area contributed by atoms with E-state index >= 15 is 0 Å². The third kappa shape index (κ3) is 4.84. The van der Waals surface area contributed by atoms with Crippen molar-refractivity contribution in [2.75, 3.05) is 39.8 Å². The van der Waals surface area contributed by atoms with E-state index < -0.39 is 0 Å². The molecule has 0 aliphatic heterocycles. The fourth-order valence-electron chi connectivity index (χ4n) is 2.94. The predicted molar refractivity (Wildman–Crippen MR) is 107 cm³/mol. The number of anilines is 1. The number of carbonyl (C=O) groups excluding carboxylic acids is 1. The minimum atomic E-state index is -0.0628. The van der Waals surface area contributed by atoms with Crippen LogP contribution in [0.4, 0.5) is 5.69 Å². The molecule has 0 atom stereocenters. The van der Waals surface area contributed by atoms with E-state index in [1.807, 2.05) is 36.2 Å². The number of methoxy groups -OCH3 is 3. The smallest absolute Gasteiger partial charge is 0.239 e. The van der Waals surface area contributed by atoms with Crippen LogP contribution in [0.1, 0.15) is 16.7 Å². The maximum absolute atomic E-state index is 12.4. The van der Waals surface area contributed by atoms with Gasteiger partial charge in [-0.15, -0.1) is 0 Å². The number of amides is 1. The zero-order valence-electron chi connectivity index (χ0n) is 16.9. The van der Waals surface area contributed by atoms with Crippen molar-refractivity contribution < 1.29 is 19.0 Å². The molecule has 0 aliphatic carbocycles. The van der Waals surface area contributed by atoms with Crippen LogP contribution in [0.2, 0.25) is 0 Å². The highest BCUT2D eigenvalue weighted by Gasteiger charge is 2.14. The lowest BCUT2D eigenvalue weighted by Crippen LogP contribution is -2.35. The van der Waals surface area contributed by atoms with Crippen molar-refractivity contribution in [1.29, 1.82) is 0 Å². The van der Waals surface area contributed by atoms with E-state index in [9.17, 15) is 4.79 Å². The molecule has 0 aliphatic rings. The summed E-state index contributed by atoms with van der Waals surface area (Å²) in [6, 6.07) is 9.75. The highest BCUT2D eigenvalue weighted by Crippen LogP contribution is 2.38. The molecule has 2 aromatic carbocycles. The molecule has 1 amide bonds. The van der Waals surface area contributed by atoms with Crippen molar-refractivity contribution in [3.05, 3.63) is 47.0 Å².